The van der Waals surface area contributed by atoms with E-state index in [-0.39, 0.29) is 11.5 Å². The Bertz CT molecular complexity index is 850. The van der Waals surface area contributed by atoms with Gasteiger partial charge in [-0.25, -0.2) is 4.79 Å². The zero-order chi connectivity index (χ0) is 15.7. The number of rotatable bonds is 3. The second-order valence-electron chi connectivity index (χ2n) is 4.74. The number of hydrogen-bond donors (Lipinski definition) is 1. The van der Waals surface area contributed by atoms with Gasteiger partial charge in [0.2, 0.25) is 0 Å². The maximum absolute atomic E-state index is 11.5. The third-order valence-electron chi connectivity index (χ3n) is 3.07. The van der Waals surface area contributed by atoms with Crippen LogP contribution in [0, 0.1) is 6.92 Å². The highest BCUT2D eigenvalue weighted by Gasteiger charge is 2.17. The number of carbonyl (C=O) groups excluding carboxylic acids is 1. The monoisotopic (exact) mass is 295 g/mol. The molecule has 6 heteroatoms. The van der Waals surface area contributed by atoms with Crippen molar-refractivity contribution in [2.45, 2.75) is 6.92 Å². The minimum atomic E-state index is -0.669. The van der Waals surface area contributed by atoms with Gasteiger partial charge in [0.15, 0.2) is 11.5 Å². The molecule has 22 heavy (non-hydrogen) atoms. The van der Waals surface area contributed by atoms with Crippen LogP contribution >= 0.6 is 0 Å². The maximum atomic E-state index is 11.5. The predicted octanol–water partition coefficient (Wildman–Crippen LogP) is 2.53. The van der Waals surface area contributed by atoms with Crippen molar-refractivity contribution >= 4 is 17.0 Å². The van der Waals surface area contributed by atoms with Crippen molar-refractivity contribution in [3.63, 3.8) is 0 Å². The summed E-state index contributed by atoms with van der Waals surface area (Å²) in [5.74, 6) is -0.834. The highest BCUT2D eigenvalue weighted by Crippen LogP contribution is 2.34. The molecule has 110 valence electrons. The van der Waals surface area contributed by atoms with Crippen LogP contribution in [0.2, 0.25) is 0 Å². The average molecular weight is 295 g/mol. The summed E-state index contributed by atoms with van der Waals surface area (Å²) in [7, 11) is 0. The summed E-state index contributed by atoms with van der Waals surface area (Å²) in [6.07, 6.45) is 1.02. The Balaban J connectivity index is 2.19. The fourth-order valence-electron chi connectivity index (χ4n) is 2.10. The molecule has 0 saturated carbocycles. The molecule has 0 aliphatic heterocycles. The van der Waals surface area contributed by atoms with Gasteiger partial charge in [-0.15, -0.1) is 15.0 Å². The number of phenolic OH excluding ortho intramolecular Hbond substituents is 1. The third-order valence-corrected chi connectivity index (χ3v) is 3.07. The van der Waals surface area contributed by atoms with Crippen molar-refractivity contribution in [1.29, 1.82) is 0 Å². The average Bonchev–Trinajstić information content (AvgIpc) is 2.93. The van der Waals surface area contributed by atoms with Crippen LogP contribution in [0.15, 0.2) is 49.1 Å². The highest BCUT2D eigenvalue weighted by molar-refractivity contribution is 5.85. The van der Waals surface area contributed by atoms with Gasteiger partial charge >= 0.3 is 5.97 Å². The van der Waals surface area contributed by atoms with Crippen LogP contribution in [-0.4, -0.2) is 26.1 Å². The van der Waals surface area contributed by atoms with Gasteiger partial charge in [0.25, 0.3) is 0 Å². The molecule has 0 unspecified atom stereocenters. The molecule has 3 rings (SSSR count). The molecule has 0 aliphatic carbocycles. The number of phenols is 1. The number of ether oxygens (including phenoxy) is 1. The number of hydrogen-bond acceptors (Lipinski definition) is 5. The molecule has 0 amide bonds. The Hall–Kier alpha value is -3.15. The first-order valence-corrected chi connectivity index (χ1v) is 6.59. The second kappa shape index (κ2) is 5.33. The molecule has 0 aliphatic rings. The second-order valence-corrected chi connectivity index (χ2v) is 4.74. The lowest BCUT2D eigenvalue weighted by atomic mass is 10.2. The van der Waals surface area contributed by atoms with E-state index in [0.717, 1.165) is 11.6 Å². The fraction of sp³-hybridized carbons (Fsp3) is 0.0625. The summed E-state index contributed by atoms with van der Waals surface area (Å²) in [6, 6.07) is 10.6. The number of esters is 1. The molecule has 0 spiro atoms. The lowest BCUT2D eigenvalue weighted by Crippen LogP contribution is -2.09. The summed E-state index contributed by atoms with van der Waals surface area (Å²) in [4.78, 5) is 12.8. The Morgan fingerprint density at radius 3 is 2.50 bits per heavy atom. The number of fused-ring (bicyclic) bond motifs is 1. The Morgan fingerprint density at radius 2 is 1.91 bits per heavy atom. The van der Waals surface area contributed by atoms with Gasteiger partial charge in [-0.1, -0.05) is 18.7 Å². The molecule has 0 fully saturated rings. The van der Waals surface area contributed by atoms with E-state index in [9.17, 15) is 9.90 Å². The van der Waals surface area contributed by atoms with E-state index >= 15 is 0 Å². The topological polar surface area (TPSA) is 77.2 Å². The molecule has 0 bridgehead atoms. The first-order chi connectivity index (χ1) is 10.6. The quantitative estimate of drug-likeness (QED) is 0.456. The SMILES string of the molecule is C=CC(=O)Oc1c(O)cc(C)cc1-n1nc2ccccc2n1. The standard InChI is InChI=1S/C16H13N3O3/c1-3-15(21)22-16-13(8-10(2)9-14(16)20)19-17-11-6-4-5-7-12(11)18-19/h3-9,20H,1H2,2H3. The van der Waals surface area contributed by atoms with E-state index in [2.05, 4.69) is 16.8 Å². The van der Waals surface area contributed by atoms with E-state index in [1.54, 1.807) is 6.07 Å². The van der Waals surface area contributed by atoms with Gasteiger partial charge in [0, 0.05) is 6.08 Å². The van der Waals surface area contributed by atoms with Crippen LogP contribution in [0.25, 0.3) is 16.7 Å². The van der Waals surface area contributed by atoms with Crippen molar-refractivity contribution in [3.05, 3.63) is 54.6 Å². The molecule has 0 radical (unpaired) electrons. The third kappa shape index (κ3) is 2.42. The Morgan fingerprint density at radius 1 is 1.27 bits per heavy atom. The molecule has 1 N–H and O–H groups in total. The van der Waals surface area contributed by atoms with Crippen LogP contribution in [0.5, 0.6) is 11.5 Å². The summed E-state index contributed by atoms with van der Waals surface area (Å²) in [6.45, 7) is 5.16. The molecule has 0 saturated heterocycles. The van der Waals surface area contributed by atoms with Crippen LogP contribution < -0.4 is 4.74 Å². The number of aryl methyl sites for hydroxylation is 1. The Labute approximate surface area is 126 Å². The number of benzene rings is 2. The van der Waals surface area contributed by atoms with E-state index in [0.29, 0.717) is 16.7 Å². The van der Waals surface area contributed by atoms with Gasteiger partial charge in [0.1, 0.15) is 16.7 Å². The fourth-order valence-corrected chi connectivity index (χ4v) is 2.10. The number of nitrogens with zero attached hydrogens (tertiary/aromatic N) is 3. The summed E-state index contributed by atoms with van der Waals surface area (Å²) < 4.78 is 5.12. The zero-order valence-electron chi connectivity index (χ0n) is 11.9. The molecule has 2 aromatic carbocycles. The van der Waals surface area contributed by atoms with Crippen LogP contribution in [-0.2, 0) is 4.79 Å². The van der Waals surface area contributed by atoms with Gasteiger partial charge in [-0.05, 0) is 36.8 Å². The normalized spacial score (nSPS) is 10.6. The highest BCUT2D eigenvalue weighted by atomic mass is 16.5. The van der Waals surface area contributed by atoms with Crippen LogP contribution in [0.4, 0.5) is 0 Å². The van der Waals surface area contributed by atoms with E-state index < -0.39 is 5.97 Å². The molecule has 6 nitrogen and oxygen atoms in total. The maximum Gasteiger partial charge on any atom is 0.335 e. The van der Waals surface area contributed by atoms with E-state index in [1.807, 2.05) is 31.2 Å². The van der Waals surface area contributed by atoms with Crippen molar-refractivity contribution in [3.8, 4) is 17.2 Å². The van der Waals surface area contributed by atoms with Gasteiger partial charge in [-0.2, -0.15) is 0 Å². The van der Waals surface area contributed by atoms with Crippen molar-refractivity contribution in [1.82, 2.24) is 15.0 Å². The molecule has 0 atom stereocenters. The van der Waals surface area contributed by atoms with Crippen molar-refractivity contribution in [2.75, 3.05) is 0 Å². The van der Waals surface area contributed by atoms with E-state index in [4.69, 9.17) is 4.74 Å². The Kier molecular flexibility index (Phi) is 3.34. The predicted molar refractivity (Wildman–Crippen MR) is 81.1 cm³/mol. The number of aromatic nitrogens is 3. The van der Waals surface area contributed by atoms with Gasteiger partial charge < -0.3 is 9.84 Å². The van der Waals surface area contributed by atoms with Crippen molar-refractivity contribution < 1.29 is 14.6 Å². The molecular formula is C16H13N3O3. The largest absolute Gasteiger partial charge is 0.504 e. The number of aromatic hydroxyl groups is 1. The lowest BCUT2D eigenvalue weighted by Gasteiger charge is -2.11. The van der Waals surface area contributed by atoms with E-state index in [1.165, 1.54) is 10.9 Å². The van der Waals surface area contributed by atoms with Gasteiger partial charge in [-0.3, -0.25) is 0 Å². The molecule has 1 aromatic heterocycles. The van der Waals surface area contributed by atoms with Crippen LogP contribution in [0.3, 0.4) is 0 Å². The molecule has 1 heterocycles. The van der Waals surface area contributed by atoms with Crippen LogP contribution in [0.1, 0.15) is 5.56 Å². The first-order valence-electron chi connectivity index (χ1n) is 6.59. The number of carbonyl (C=O) groups is 1. The molecule has 3 aromatic rings. The first kappa shape index (κ1) is 13.8. The summed E-state index contributed by atoms with van der Waals surface area (Å²) in [5.41, 5.74) is 2.56. The molecular weight excluding hydrogens is 282 g/mol. The zero-order valence-corrected chi connectivity index (χ0v) is 11.9. The summed E-state index contributed by atoms with van der Waals surface area (Å²) >= 11 is 0. The van der Waals surface area contributed by atoms with Crippen molar-refractivity contribution in [2.24, 2.45) is 0 Å². The smallest absolute Gasteiger partial charge is 0.335 e. The summed E-state index contributed by atoms with van der Waals surface area (Å²) in [5, 5.41) is 18.7. The minimum Gasteiger partial charge on any atom is -0.504 e. The van der Waals surface area contributed by atoms with Gasteiger partial charge in [0.05, 0.1) is 0 Å². The minimum absolute atomic E-state index is 0.00388. The lowest BCUT2D eigenvalue weighted by molar-refractivity contribution is -0.129.